The molecule has 2 heterocycles. The predicted molar refractivity (Wildman–Crippen MR) is 74.0 cm³/mol. The van der Waals surface area contributed by atoms with E-state index in [2.05, 4.69) is 60.1 Å². The van der Waals surface area contributed by atoms with E-state index in [9.17, 15) is 0 Å². The molecular formula is C17H18N+. The summed E-state index contributed by atoms with van der Waals surface area (Å²) in [6.45, 7) is 3.58. The quantitative estimate of drug-likeness (QED) is 0.609. The van der Waals surface area contributed by atoms with Crippen LogP contribution in [0.1, 0.15) is 24.1 Å². The van der Waals surface area contributed by atoms with Gasteiger partial charge in [-0.05, 0) is 5.56 Å². The van der Waals surface area contributed by atoms with Crippen molar-refractivity contribution in [2.75, 3.05) is 6.54 Å². The molecule has 0 fully saturated rings. The lowest BCUT2D eigenvalue weighted by Crippen LogP contribution is -2.28. The summed E-state index contributed by atoms with van der Waals surface area (Å²) in [6, 6.07) is 9.58. The van der Waals surface area contributed by atoms with Gasteiger partial charge in [0.25, 0.3) is 0 Å². The minimum absolute atomic E-state index is 0.586. The summed E-state index contributed by atoms with van der Waals surface area (Å²) < 4.78 is 2.64. The highest BCUT2D eigenvalue weighted by molar-refractivity contribution is 5.96. The van der Waals surface area contributed by atoms with E-state index >= 15 is 0 Å². The van der Waals surface area contributed by atoms with E-state index in [1.807, 2.05) is 0 Å². The molecule has 1 aliphatic carbocycles. The first-order valence-electron chi connectivity index (χ1n) is 6.92. The first-order chi connectivity index (χ1) is 8.86. The maximum absolute atomic E-state index is 2.64. The molecule has 3 aliphatic rings. The Kier molecular flexibility index (Phi) is 2.11. The largest absolute Gasteiger partial charge is 0.225 e. The molecule has 0 spiro atoms. The third-order valence-corrected chi connectivity index (χ3v) is 4.77. The number of fused-ring (bicyclic) bond motifs is 4. The van der Waals surface area contributed by atoms with Crippen LogP contribution >= 0.6 is 0 Å². The van der Waals surface area contributed by atoms with E-state index in [0.29, 0.717) is 17.9 Å². The Hall–Kier alpha value is -1.63. The molecule has 1 aromatic carbocycles. The highest BCUT2D eigenvalue weighted by atomic mass is 15.1. The molecule has 0 N–H and O–H groups in total. The Balaban J connectivity index is 1.90. The van der Waals surface area contributed by atoms with Gasteiger partial charge in [0.2, 0.25) is 0 Å². The fourth-order valence-corrected chi connectivity index (χ4v) is 3.93. The summed E-state index contributed by atoms with van der Waals surface area (Å²) in [6.07, 6.45) is 10.3. The van der Waals surface area contributed by atoms with E-state index in [-0.39, 0.29) is 0 Å². The molecule has 0 amide bonds. The molecule has 0 aromatic heterocycles. The lowest BCUT2D eigenvalue weighted by atomic mass is 9.81. The smallest absolute Gasteiger partial charge is 0.184 e. The van der Waals surface area contributed by atoms with Crippen LogP contribution in [0.5, 0.6) is 0 Å². The summed E-state index contributed by atoms with van der Waals surface area (Å²) in [7, 11) is 0. The van der Waals surface area contributed by atoms with Gasteiger partial charge in [-0.3, -0.25) is 0 Å². The number of rotatable bonds is 0. The number of hydrogen-bond acceptors (Lipinski definition) is 0. The van der Waals surface area contributed by atoms with Crippen molar-refractivity contribution in [3.8, 4) is 0 Å². The monoisotopic (exact) mass is 236 g/mol. The fraction of sp³-hybridized carbons (Fsp3) is 0.353. The zero-order valence-electron chi connectivity index (χ0n) is 10.7. The Morgan fingerprint density at radius 3 is 3.00 bits per heavy atom. The molecule has 1 heteroatoms. The number of hydrogen-bond donors (Lipinski definition) is 0. The fourth-order valence-electron chi connectivity index (χ4n) is 3.93. The van der Waals surface area contributed by atoms with Gasteiger partial charge in [0.05, 0.1) is 5.92 Å². The molecule has 3 unspecified atom stereocenters. The molecule has 2 aliphatic heterocycles. The molecule has 4 rings (SSSR count). The van der Waals surface area contributed by atoms with E-state index in [1.165, 1.54) is 18.7 Å². The van der Waals surface area contributed by atoms with Gasteiger partial charge in [-0.1, -0.05) is 49.4 Å². The Labute approximate surface area is 108 Å². The Morgan fingerprint density at radius 2 is 2.06 bits per heavy atom. The van der Waals surface area contributed by atoms with E-state index in [1.54, 1.807) is 11.1 Å². The van der Waals surface area contributed by atoms with Crippen LogP contribution in [-0.2, 0) is 6.42 Å². The van der Waals surface area contributed by atoms with Crippen LogP contribution in [0, 0.1) is 11.8 Å². The summed E-state index contributed by atoms with van der Waals surface area (Å²) in [5.74, 6) is 1.30. The number of allylic oxidation sites excluding steroid dienone is 4. The van der Waals surface area contributed by atoms with Crippen molar-refractivity contribution in [2.24, 2.45) is 11.8 Å². The van der Waals surface area contributed by atoms with Crippen LogP contribution in [-0.4, -0.2) is 16.8 Å². The molecule has 0 saturated carbocycles. The maximum Gasteiger partial charge on any atom is 0.184 e. The second kappa shape index (κ2) is 3.68. The van der Waals surface area contributed by atoms with E-state index < -0.39 is 0 Å². The standard InChI is InChI=1S/C17H18N/c1-12-14-7-4-5-9-16(14)18-11-10-13-6-2-3-8-15(13)17(12)18/h2-9,12,14,17H,10-11H2,1H3/q+1. The van der Waals surface area contributed by atoms with Crippen LogP contribution in [0.25, 0.3) is 0 Å². The van der Waals surface area contributed by atoms with Crippen molar-refractivity contribution in [1.82, 2.24) is 0 Å². The molecule has 0 bridgehead atoms. The third-order valence-electron chi connectivity index (χ3n) is 4.77. The first kappa shape index (κ1) is 10.3. The van der Waals surface area contributed by atoms with Crippen molar-refractivity contribution in [2.45, 2.75) is 19.4 Å². The topological polar surface area (TPSA) is 3.01 Å². The number of benzene rings is 1. The van der Waals surface area contributed by atoms with Crippen LogP contribution in [0.3, 0.4) is 0 Å². The van der Waals surface area contributed by atoms with Crippen LogP contribution in [0.15, 0.2) is 48.6 Å². The summed E-state index contributed by atoms with van der Waals surface area (Å²) >= 11 is 0. The van der Waals surface area contributed by atoms with Gasteiger partial charge in [0, 0.05) is 24.0 Å². The van der Waals surface area contributed by atoms with Gasteiger partial charge in [0.1, 0.15) is 6.54 Å². The third kappa shape index (κ3) is 1.25. The second-order valence-electron chi connectivity index (χ2n) is 5.64. The molecule has 18 heavy (non-hydrogen) atoms. The van der Waals surface area contributed by atoms with E-state index in [0.717, 1.165) is 0 Å². The van der Waals surface area contributed by atoms with Crippen molar-refractivity contribution >= 4 is 5.71 Å². The molecular weight excluding hydrogens is 218 g/mol. The summed E-state index contributed by atoms with van der Waals surface area (Å²) in [5.41, 5.74) is 4.64. The summed E-state index contributed by atoms with van der Waals surface area (Å²) in [4.78, 5) is 0. The van der Waals surface area contributed by atoms with Crippen LogP contribution in [0.4, 0.5) is 0 Å². The minimum Gasteiger partial charge on any atom is -0.225 e. The van der Waals surface area contributed by atoms with Gasteiger partial charge in [0.15, 0.2) is 11.8 Å². The van der Waals surface area contributed by atoms with Crippen molar-refractivity contribution < 1.29 is 4.58 Å². The minimum atomic E-state index is 0.586. The normalized spacial score (nSPS) is 32.2. The maximum atomic E-state index is 2.64. The highest BCUT2D eigenvalue weighted by Gasteiger charge is 2.48. The van der Waals surface area contributed by atoms with E-state index in [4.69, 9.17) is 0 Å². The van der Waals surface area contributed by atoms with Gasteiger partial charge < -0.3 is 0 Å². The zero-order valence-corrected chi connectivity index (χ0v) is 10.7. The molecule has 1 nitrogen and oxygen atoms in total. The van der Waals surface area contributed by atoms with Crippen molar-refractivity contribution in [1.29, 1.82) is 0 Å². The number of nitrogens with zero attached hydrogens (tertiary/aromatic N) is 1. The van der Waals surface area contributed by atoms with Gasteiger partial charge in [-0.25, -0.2) is 4.58 Å². The Morgan fingerprint density at radius 1 is 1.17 bits per heavy atom. The Bertz CT molecular complexity index is 591. The molecule has 90 valence electrons. The average Bonchev–Trinajstić information content (AvgIpc) is 2.73. The first-order valence-corrected chi connectivity index (χ1v) is 6.92. The molecule has 0 saturated heterocycles. The predicted octanol–water partition coefficient (Wildman–Crippen LogP) is 3.13. The average molecular weight is 236 g/mol. The van der Waals surface area contributed by atoms with Crippen molar-refractivity contribution in [3.05, 3.63) is 59.7 Å². The van der Waals surface area contributed by atoms with Crippen LogP contribution < -0.4 is 0 Å². The molecule has 1 aromatic rings. The van der Waals surface area contributed by atoms with Gasteiger partial charge in [-0.15, -0.1) is 0 Å². The van der Waals surface area contributed by atoms with Gasteiger partial charge in [-0.2, -0.15) is 0 Å². The lowest BCUT2D eigenvalue weighted by Gasteiger charge is -2.23. The SMILES string of the molecule is CC1C2C=CC=CC2=[N+]2CCc3ccccc3C12. The van der Waals surface area contributed by atoms with Gasteiger partial charge >= 0.3 is 0 Å². The van der Waals surface area contributed by atoms with Crippen LogP contribution in [0.2, 0.25) is 0 Å². The highest BCUT2D eigenvalue weighted by Crippen LogP contribution is 2.43. The lowest BCUT2D eigenvalue weighted by molar-refractivity contribution is -0.573. The summed E-state index contributed by atoms with van der Waals surface area (Å²) in [5, 5.41) is 0. The zero-order chi connectivity index (χ0) is 12.1. The molecule has 3 atom stereocenters. The van der Waals surface area contributed by atoms with Crippen molar-refractivity contribution in [3.63, 3.8) is 0 Å². The molecule has 0 radical (unpaired) electrons. The second-order valence-corrected chi connectivity index (χ2v) is 5.64.